The van der Waals surface area contributed by atoms with Crippen molar-refractivity contribution in [1.82, 2.24) is 10.2 Å². The fourth-order valence-electron chi connectivity index (χ4n) is 2.49. The van der Waals surface area contributed by atoms with Gasteiger partial charge in [-0.1, -0.05) is 33.6 Å². The SMILES string of the molecule is CC1CCN(CCCCCCNC(C)C)CC1. The Morgan fingerprint density at radius 3 is 2.35 bits per heavy atom. The van der Waals surface area contributed by atoms with Crippen LogP contribution in [0.5, 0.6) is 0 Å². The summed E-state index contributed by atoms with van der Waals surface area (Å²) in [4.78, 5) is 2.66. The van der Waals surface area contributed by atoms with E-state index in [4.69, 9.17) is 0 Å². The van der Waals surface area contributed by atoms with E-state index in [1.165, 1.54) is 64.7 Å². The van der Waals surface area contributed by atoms with E-state index in [1.807, 2.05) is 0 Å². The Kier molecular flexibility index (Phi) is 7.87. The Morgan fingerprint density at radius 1 is 1.06 bits per heavy atom. The number of hydrogen-bond donors (Lipinski definition) is 1. The van der Waals surface area contributed by atoms with Crippen LogP contribution in [0.1, 0.15) is 59.3 Å². The van der Waals surface area contributed by atoms with Crippen LogP contribution >= 0.6 is 0 Å². The zero-order chi connectivity index (χ0) is 12.5. The molecule has 0 aromatic carbocycles. The summed E-state index contributed by atoms with van der Waals surface area (Å²) in [5.41, 5.74) is 0. The molecule has 0 unspecified atom stereocenters. The molecule has 102 valence electrons. The summed E-state index contributed by atoms with van der Waals surface area (Å²) in [5, 5.41) is 3.48. The molecule has 2 nitrogen and oxygen atoms in total. The Morgan fingerprint density at radius 2 is 1.71 bits per heavy atom. The van der Waals surface area contributed by atoms with Crippen LogP contribution in [0.4, 0.5) is 0 Å². The zero-order valence-corrected chi connectivity index (χ0v) is 12.2. The highest BCUT2D eigenvalue weighted by Crippen LogP contribution is 2.16. The first-order chi connectivity index (χ1) is 8.18. The van der Waals surface area contributed by atoms with Gasteiger partial charge >= 0.3 is 0 Å². The molecule has 17 heavy (non-hydrogen) atoms. The number of likely N-dealkylation sites (tertiary alicyclic amines) is 1. The zero-order valence-electron chi connectivity index (χ0n) is 12.2. The van der Waals surface area contributed by atoms with Crippen LogP contribution in [0.25, 0.3) is 0 Å². The van der Waals surface area contributed by atoms with Crippen molar-refractivity contribution in [2.75, 3.05) is 26.2 Å². The fraction of sp³-hybridized carbons (Fsp3) is 1.00. The molecule has 2 heteroatoms. The lowest BCUT2D eigenvalue weighted by atomic mass is 9.99. The average Bonchev–Trinajstić information content (AvgIpc) is 2.30. The monoisotopic (exact) mass is 240 g/mol. The molecule has 1 heterocycles. The van der Waals surface area contributed by atoms with Crippen LogP contribution in [-0.2, 0) is 0 Å². The van der Waals surface area contributed by atoms with E-state index in [1.54, 1.807) is 0 Å². The van der Waals surface area contributed by atoms with Crippen molar-refractivity contribution < 1.29 is 0 Å². The van der Waals surface area contributed by atoms with Crippen molar-refractivity contribution in [3.63, 3.8) is 0 Å². The first-order valence-corrected chi connectivity index (χ1v) is 7.64. The lowest BCUT2D eigenvalue weighted by Crippen LogP contribution is -2.33. The van der Waals surface area contributed by atoms with Gasteiger partial charge in [-0.05, 0) is 57.8 Å². The van der Waals surface area contributed by atoms with E-state index in [-0.39, 0.29) is 0 Å². The van der Waals surface area contributed by atoms with Gasteiger partial charge in [-0.25, -0.2) is 0 Å². The predicted octanol–water partition coefficient (Wildman–Crippen LogP) is 3.28. The molecular formula is C15H32N2. The molecule has 0 bridgehead atoms. The smallest absolute Gasteiger partial charge is 0.00103 e. The van der Waals surface area contributed by atoms with Crippen LogP contribution in [0.15, 0.2) is 0 Å². The van der Waals surface area contributed by atoms with Crippen molar-refractivity contribution in [2.45, 2.75) is 65.3 Å². The van der Waals surface area contributed by atoms with Gasteiger partial charge in [0.05, 0.1) is 0 Å². The van der Waals surface area contributed by atoms with Crippen molar-refractivity contribution in [3.8, 4) is 0 Å². The van der Waals surface area contributed by atoms with E-state index < -0.39 is 0 Å². The maximum absolute atomic E-state index is 3.48. The van der Waals surface area contributed by atoms with Gasteiger partial charge in [0.1, 0.15) is 0 Å². The van der Waals surface area contributed by atoms with Gasteiger partial charge < -0.3 is 10.2 Å². The van der Waals surface area contributed by atoms with Gasteiger partial charge in [-0.3, -0.25) is 0 Å². The molecule has 0 radical (unpaired) electrons. The molecule has 1 aliphatic heterocycles. The second-order valence-corrected chi connectivity index (χ2v) is 6.05. The summed E-state index contributed by atoms with van der Waals surface area (Å²) in [6.07, 6.45) is 8.37. The second kappa shape index (κ2) is 8.93. The Hall–Kier alpha value is -0.0800. The number of nitrogens with zero attached hydrogens (tertiary/aromatic N) is 1. The molecule has 1 rings (SSSR count). The molecule has 1 fully saturated rings. The number of hydrogen-bond acceptors (Lipinski definition) is 2. The van der Waals surface area contributed by atoms with E-state index in [0.717, 1.165) is 5.92 Å². The number of nitrogens with one attached hydrogen (secondary N) is 1. The molecule has 0 atom stereocenters. The minimum Gasteiger partial charge on any atom is -0.315 e. The molecule has 1 N–H and O–H groups in total. The predicted molar refractivity (Wildman–Crippen MR) is 76.4 cm³/mol. The van der Waals surface area contributed by atoms with Gasteiger partial charge in [0.15, 0.2) is 0 Å². The van der Waals surface area contributed by atoms with E-state index >= 15 is 0 Å². The third kappa shape index (κ3) is 7.77. The summed E-state index contributed by atoms with van der Waals surface area (Å²) in [6.45, 7) is 12.0. The second-order valence-electron chi connectivity index (χ2n) is 6.05. The van der Waals surface area contributed by atoms with Gasteiger partial charge in [-0.2, -0.15) is 0 Å². The first kappa shape index (κ1) is 15.0. The summed E-state index contributed by atoms with van der Waals surface area (Å²) < 4.78 is 0. The standard InChI is InChI=1S/C15H32N2/c1-14(2)16-10-6-4-5-7-11-17-12-8-15(3)9-13-17/h14-16H,4-13H2,1-3H3. The highest BCUT2D eigenvalue weighted by Gasteiger charge is 2.14. The van der Waals surface area contributed by atoms with Gasteiger partial charge in [0.2, 0.25) is 0 Å². The molecule has 0 aliphatic carbocycles. The fourth-order valence-corrected chi connectivity index (χ4v) is 2.49. The number of rotatable bonds is 8. The molecule has 0 saturated carbocycles. The first-order valence-electron chi connectivity index (χ1n) is 7.64. The normalized spacial score (nSPS) is 19.1. The molecule has 0 amide bonds. The maximum Gasteiger partial charge on any atom is 0.00103 e. The highest BCUT2D eigenvalue weighted by atomic mass is 15.1. The Labute approximate surface area is 108 Å². The van der Waals surface area contributed by atoms with Gasteiger partial charge in [0.25, 0.3) is 0 Å². The molecule has 0 spiro atoms. The maximum atomic E-state index is 3.48. The number of unbranched alkanes of at least 4 members (excludes halogenated alkanes) is 3. The van der Waals surface area contributed by atoms with Crippen LogP contribution in [-0.4, -0.2) is 37.1 Å². The third-order valence-electron chi connectivity index (χ3n) is 3.83. The summed E-state index contributed by atoms with van der Waals surface area (Å²) in [5.74, 6) is 0.966. The Balaban J connectivity index is 1.84. The van der Waals surface area contributed by atoms with Crippen LogP contribution in [0.2, 0.25) is 0 Å². The minimum atomic E-state index is 0.644. The average molecular weight is 240 g/mol. The van der Waals surface area contributed by atoms with E-state index in [0.29, 0.717) is 6.04 Å². The van der Waals surface area contributed by atoms with Crippen LogP contribution < -0.4 is 5.32 Å². The van der Waals surface area contributed by atoms with Crippen molar-refractivity contribution in [1.29, 1.82) is 0 Å². The molecular weight excluding hydrogens is 208 g/mol. The van der Waals surface area contributed by atoms with Crippen LogP contribution in [0.3, 0.4) is 0 Å². The van der Waals surface area contributed by atoms with Gasteiger partial charge in [-0.15, -0.1) is 0 Å². The molecule has 1 saturated heterocycles. The lowest BCUT2D eigenvalue weighted by Gasteiger charge is -2.30. The van der Waals surface area contributed by atoms with E-state index in [9.17, 15) is 0 Å². The van der Waals surface area contributed by atoms with E-state index in [2.05, 4.69) is 31.0 Å². The quantitative estimate of drug-likeness (QED) is 0.655. The van der Waals surface area contributed by atoms with Crippen molar-refractivity contribution in [2.24, 2.45) is 5.92 Å². The lowest BCUT2D eigenvalue weighted by molar-refractivity contribution is 0.189. The molecule has 1 aliphatic rings. The van der Waals surface area contributed by atoms with Crippen molar-refractivity contribution >= 4 is 0 Å². The van der Waals surface area contributed by atoms with Crippen molar-refractivity contribution in [3.05, 3.63) is 0 Å². The highest BCUT2D eigenvalue weighted by molar-refractivity contribution is 4.69. The Bertz CT molecular complexity index is 172. The summed E-state index contributed by atoms with van der Waals surface area (Å²) in [6, 6.07) is 0.644. The number of piperidine rings is 1. The summed E-state index contributed by atoms with van der Waals surface area (Å²) in [7, 11) is 0. The third-order valence-corrected chi connectivity index (χ3v) is 3.83. The van der Waals surface area contributed by atoms with Crippen LogP contribution in [0, 0.1) is 5.92 Å². The van der Waals surface area contributed by atoms with Gasteiger partial charge in [0, 0.05) is 6.04 Å². The largest absolute Gasteiger partial charge is 0.315 e. The minimum absolute atomic E-state index is 0.644. The molecule has 0 aromatic heterocycles. The topological polar surface area (TPSA) is 15.3 Å². The molecule has 0 aromatic rings. The summed E-state index contributed by atoms with van der Waals surface area (Å²) >= 11 is 0.